The predicted molar refractivity (Wildman–Crippen MR) is 43.5 cm³/mol. The SMILES string of the molecule is CCC1CN(C(=N)N)CCO1. The normalized spacial score (nSPS) is 25.2. The maximum absolute atomic E-state index is 7.20. The average Bonchev–Trinajstić information content (AvgIpc) is 2.05. The molecule has 1 aliphatic rings. The van der Waals surface area contributed by atoms with Crippen molar-refractivity contribution in [3.8, 4) is 0 Å². The summed E-state index contributed by atoms with van der Waals surface area (Å²) in [5.41, 5.74) is 5.34. The molecule has 0 bridgehead atoms. The number of nitrogens with two attached hydrogens (primary N) is 1. The summed E-state index contributed by atoms with van der Waals surface area (Å²) in [7, 11) is 0. The van der Waals surface area contributed by atoms with Crippen molar-refractivity contribution in [2.24, 2.45) is 5.73 Å². The van der Waals surface area contributed by atoms with E-state index < -0.39 is 0 Å². The lowest BCUT2D eigenvalue weighted by Crippen LogP contribution is -2.48. The van der Waals surface area contributed by atoms with E-state index in [1.54, 1.807) is 0 Å². The van der Waals surface area contributed by atoms with Gasteiger partial charge in [0.05, 0.1) is 12.7 Å². The zero-order valence-corrected chi connectivity index (χ0v) is 6.84. The summed E-state index contributed by atoms with van der Waals surface area (Å²) in [5.74, 6) is 0.159. The third kappa shape index (κ3) is 2.08. The van der Waals surface area contributed by atoms with E-state index in [0.717, 1.165) is 19.5 Å². The summed E-state index contributed by atoms with van der Waals surface area (Å²) in [6.07, 6.45) is 1.25. The van der Waals surface area contributed by atoms with Crippen LogP contribution < -0.4 is 5.73 Å². The minimum Gasteiger partial charge on any atom is -0.375 e. The molecule has 4 heteroatoms. The van der Waals surface area contributed by atoms with E-state index in [4.69, 9.17) is 15.9 Å². The minimum absolute atomic E-state index is 0.159. The van der Waals surface area contributed by atoms with Crippen LogP contribution >= 0.6 is 0 Å². The number of nitrogens with zero attached hydrogens (tertiary/aromatic N) is 1. The van der Waals surface area contributed by atoms with Gasteiger partial charge in [-0.15, -0.1) is 0 Å². The highest BCUT2D eigenvalue weighted by Crippen LogP contribution is 2.06. The van der Waals surface area contributed by atoms with Crippen molar-refractivity contribution in [2.45, 2.75) is 19.4 Å². The third-order valence-corrected chi connectivity index (χ3v) is 1.93. The van der Waals surface area contributed by atoms with Crippen LogP contribution in [0.15, 0.2) is 0 Å². The Morgan fingerprint density at radius 1 is 1.82 bits per heavy atom. The van der Waals surface area contributed by atoms with E-state index in [-0.39, 0.29) is 12.1 Å². The van der Waals surface area contributed by atoms with Gasteiger partial charge in [0, 0.05) is 13.1 Å². The van der Waals surface area contributed by atoms with Gasteiger partial charge in [-0.3, -0.25) is 5.41 Å². The third-order valence-electron chi connectivity index (χ3n) is 1.93. The van der Waals surface area contributed by atoms with E-state index in [9.17, 15) is 0 Å². The molecular formula is C7H15N3O. The molecule has 0 aliphatic carbocycles. The van der Waals surface area contributed by atoms with E-state index in [0.29, 0.717) is 6.61 Å². The Hall–Kier alpha value is -0.770. The Bertz CT molecular complexity index is 149. The second-order valence-corrected chi connectivity index (χ2v) is 2.73. The molecule has 1 aliphatic heterocycles. The van der Waals surface area contributed by atoms with Crippen molar-refractivity contribution in [3.05, 3.63) is 0 Å². The Morgan fingerprint density at radius 2 is 2.55 bits per heavy atom. The van der Waals surface area contributed by atoms with Crippen LogP contribution in [0.2, 0.25) is 0 Å². The van der Waals surface area contributed by atoms with E-state index in [2.05, 4.69) is 6.92 Å². The maximum Gasteiger partial charge on any atom is 0.188 e. The van der Waals surface area contributed by atoms with Gasteiger partial charge < -0.3 is 15.4 Å². The summed E-state index contributed by atoms with van der Waals surface area (Å²) in [6.45, 7) is 4.30. The van der Waals surface area contributed by atoms with Crippen molar-refractivity contribution >= 4 is 5.96 Å². The first kappa shape index (κ1) is 8.33. The standard InChI is InChI=1S/C7H15N3O/c1-2-6-5-10(7(8)9)3-4-11-6/h6H,2-5H2,1H3,(H3,8,9). The molecule has 0 aromatic rings. The molecule has 11 heavy (non-hydrogen) atoms. The molecular weight excluding hydrogens is 142 g/mol. The van der Waals surface area contributed by atoms with Crippen LogP contribution in [0.4, 0.5) is 0 Å². The molecule has 1 atom stereocenters. The summed E-state index contributed by atoms with van der Waals surface area (Å²) < 4.78 is 5.41. The van der Waals surface area contributed by atoms with E-state index >= 15 is 0 Å². The van der Waals surface area contributed by atoms with Crippen LogP contribution in [0, 0.1) is 5.41 Å². The fraction of sp³-hybridized carbons (Fsp3) is 0.857. The Labute approximate surface area is 66.8 Å². The number of ether oxygens (including phenoxy) is 1. The molecule has 64 valence electrons. The summed E-state index contributed by atoms with van der Waals surface area (Å²) in [6, 6.07) is 0. The fourth-order valence-corrected chi connectivity index (χ4v) is 1.19. The lowest BCUT2D eigenvalue weighted by Gasteiger charge is -2.32. The second kappa shape index (κ2) is 3.57. The molecule has 0 spiro atoms. The van der Waals surface area contributed by atoms with Gasteiger partial charge in [0.25, 0.3) is 0 Å². The second-order valence-electron chi connectivity index (χ2n) is 2.73. The predicted octanol–water partition coefficient (Wildman–Crippen LogP) is -0.00933. The Kier molecular flexibility index (Phi) is 2.70. The molecule has 0 amide bonds. The Morgan fingerprint density at radius 3 is 3.09 bits per heavy atom. The van der Waals surface area contributed by atoms with Gasteiger partial charge in [-0.25, -0.2) is 0 Å². The maximum atomic E-state index is 7.20. The van der Waals surface area contributed by atoms with E-state index in [1.165, 1.54) is 0 Å². The molecule has 1 unspecified atom stereocenters. The van der Waals surface area contributed by atoms with Crippen LogP contribution in [0.1, 0.15) is 13.3 Å². The van der Waals surface area contributed by atoms with Crippen molar-refractivity contribution in [3.63, 3.8) is 0 Å². The first-order chi connectivity index (χ1) is 5.24. The first-order valence-corrected chi connectivity index (χ1v) is 3.94. The number of hydrogen-bond donors (Lipinski definition) is 2. The van der Waals surface area contributed by atoms with Crippen LogP contribution in [0.3, 0.4) is 0 Å². The number of nitrogens with one attached hydrogen (secondary N) is 1. The molecule has 0 saturated carbocycles. The number of guanidine groups is 1. The lowest BCUT2D eigenvalue weighted by molar-refractivity contribution is -0.00761. The minimum atomic E-state index is 0.159. The quantitative estimate of drug-likeness (QED) is 0.415. The summed E-state index contributed by atoms with van der Waals surface area (Å²) in [4.78, 5) is 1.84. The largest absolute Gasteiger partial charge is 0.375 e. The van der Waals surface area contributed by atoms with Crippen LogP contribution in [-0.2, 0) is 4.74 Å². The van der Waals surface area contributed by atoms with Crippen molar-refractivity contribution < 1.29 is 4.74 Å². The highest BCUT2D eigenvalue weighted by molar-refractivity contribution is 5.74. The molecule has 4 nitrogen and oxygen atoms in total. The van der Waals surface area contributed by atoms with Crippen LogP contribution in [-0.4, -0.2) is 36.7 Å². The first-order valence-electron chi connectivity index (χ1n) is 3.94. The van der Waals surface area contributed by atoms with Crippen molar-refractivity contribution in [1.82, 2.24) is 4.90 Å². The summed E-state index contributed by atoms with van der Waals surface area (Å²) >= 11 is 0. The molecule has 1 rings (SSSR count). The topological polar surface area (TPSA) is 62.3 Å². The van der Waals surface area contributed by atoms with Gasteiger partial charge >= 0.3 is 0 Å². The molecule has 1 fully saturated rings. The van der Waals surface area contributed by atoms with Gasteiger partial charge in [0.15, 0.2) is 5.96 Å². The van der Waals surface area contributed by atoms with Gasteiger partial charge in [-0.1, -0.05) is 6.92 Å². The van der Waals surface area contributed by atoms with Gasteiger partial charge in [-0.2, -0.15) is 0 Å². The van der Waals surface area contributed by atoms with Crippen molar-refractivity contribution in [2.75, 3.05) is 19.7 Å². The smallest absolute Gasteiger partial charge is 0.188 e. The molecule has 0 aromatic heterocycles. The zero-order chi connectivity index (χ0) is 8.27. The van der Waals surface area contributed by atoms with E-state index in [1.807, 2.05) is 4.90 Å². The van der Waals surface area contributed by atoms with Crippen molar-refractivity contribution in [1.29, 1.82) is 5.41 Å². The van der Waals surface area contributed by atoms with Gasteiger partial charge in [0.1, 0.15) is 0 Å². The average molecular weight is 157 g/mol. The zero-order valence-electron chi connectivity index (χ0n) is 6.84. The molecule has 0 aromatic carbocycles. The summed E-state index contributed by atoms with van der Waals surface area (Å²) in [5, 5.41) is 7.20. The molecule has 3 N–H and O–H groups in total. The van der Waals surface area contributed by atoms with Crippen LogP contribution in [0.5, 0.6) is 0 Å². The molecule has 1 heterocycles. The monoisotopic (exact) mass is 157 g/mol. The number of morpholine rings is 1. The molecule has 0 radical (unpaired) electrons. The number of hydrogen-bond acceptors (Lipinski definition) is 2. The highest BCUT2D eigenvalue weighted by Gasteiger charge is 2.18. The van der Waals surface area contributed by atoms with Gasteiger partial charge in [-0.05, 0) is 6.42 Å². The lowest BCUT2D eigenvalue weighted by atomic mass is 10.2. The molecule has 1 saturated heterocycles. The van der Waals surface area contributed by atoms with Crippen LogP contribution in [0.25, 0.3) is 0 Å². The highest BCUT2D eigenvalue weighted by atomic mass is 16.5. The Balaban J connectivity index is 2.39. The van der Waals surface area contributed by atoms with Gasteiger partial charge in [0.2, 0.25) is 0 Å². The number of rotatable bonds is 1. The fourth-order valence-electron chi connectivity index (χ4n) is 1.19.